The number of carboxylic acid groups (broad SMARTS) is 1. The molecule has 98 valence electrons. The van der Waals surface area contributed by atoms with Crippen LogP contribution in [0.1, 0.15) is 35.2 Å². The Labute approximate surface area is 107 Å². The van der Waals surface area contributed by atoms with Gasteiger partial charge in [-0.3, -0.25) is 0 Å². The number of benzene rings is 1. The first-order valence-corrected chi connectivity index (χ1v) is 6.25. The van der Waals surface area contributed by atoms with Crippen molar-refractivity contribution in [2.75, 3.05) is 13.2 Å². The Morgan fingerprint density at radius 2 is 2.33 bits per heavy atom. The quantitative estimate of drug-likeness (QED) is 0.892. The van der Waals surface area contributed by atoms with Gasteiger partial charge in [-0.1, -0.05) is 0 Å². The lowest BCUT2D eigenvalue weighted by Gasteiger charge is -2.22. The van der Waals surface area contributed by atoms with Crippen molar-refractivity contribution in [2.45, 2.75) is 32.3 Å². The molecule has 1 saturated heterocycles. The fourth-order valence-corrected chi connectivity index (χ4v) is 2.09. The van der Waals surface area contributed by atoms with E-state index in [0.29, 0.717) is 23.5 Å². The summed E-state index contributed by atoms with van der Waals surface area (Å²) in [6, 6.07) is 5.03. The van der Waals surface area contributed by atoms with Crippen LogP contribution < -0.4 is 4.74 Å². The molecule has 0 spiro atoms. The molecule has 4 nitrogen and oxygen atoms in total. The fraction of sp³-hybridized carbons (Fsp3) is 0.500. The molecule has 1 atom stereocenters. The summed E-state index contributed by atoms with van der Waals surface area (Å²) in [6.07, 6.45) is 3.51. The Balaban J connectivity index is 1.93. The standard InChI is InChI=1S/C14H18O4/c1-10-8-11(5-6-13(10)14(15)16)18-9-12-4-2-3-7-17-12/h5-6,8,12H,2-4,7,9H2,1H3,(H,15,16). The number of carbonyl (C=O) groups is 1. The topological polar surface area (TPSA) is 55.8 Å². The van der Waals surface area contributed by atoms with Crippen LogP contribution in [0.2, 0.25) is 0 Å². The molecule has 1 aromatic carbocycles. The lowest BCUT2D eigenvalue weighted by atomic mass is 10.1. The van der Waals surface area contributed by atoms with Gasteiger partial charge in [-0.2, -0.15) is 0 Å². The van der Waals surface area contributed by atoms with Crippen molar-refractivity contribution in [1.29, 1.82) is 0 Å². The van der Waals surface area contributed by atoms with Crippen molar-refractivity contribution in [2.24, 2.45) is 0 Å². The maximum atomic E-state index is 10.9. The number of aryl methyl sites for hydroxylation is 1. The first-order valence-electron chi connectivity index (χ1n) is 6.25. The molecule has 0 amide bonds. The smallest absolute Gasteiger partial charge is 0.335 e. The Hall–Kier alpha value is -1.55. The highest BCUT2D eigenvalue weighted by atomic mass is 16.5. The predicted octanol–water partition coefficient (Wildman–Crippen LogP) is 2.64. The second kappa shape index (κ2) is 5.87. The summed E-state index contributed by atoms with van der Waals surface area (Å²) >= 11 is 0. The van der Waals surface area contributed by atoms with Crippen LogP contribution in [0.25, 0.3) is 0 Å². The molecule has 1 aliphatic rings. The molecule has 0 aromatic heterocycles. The van der Waals surface area contributed by atoms with Gasteiger partial charge in [0.25, 0.3) is 0 Å². The minimum atomic E-state index is -0.908. The van der Waals surface area contributed by atoms with Crippen LogP contribution in [0.4, 0.5) is 0 Å². The molecular formula is C14H18O4. The molecule has 1 heterocycles. The second-order valence-electron chi connectivity index (χ2n) is 4.58. The van der Waals surface area contributed by atoms with E-state index in [-0.39, 0.29) is 6.10 Å². The van der Waals surface area contributed by atoms with E-state index in [2.05, 4.69) is 0 Å². The van der Waals surface area contributed by atoms with Gasteiger partial charge in [0.1, 0.15) is 12.4 Å². The first kappa shape index (κ1) is 12.9. The van der Waals surface area contributed by atoms with Gasteiger partial charge in [0.15, 0.2) is 0 Å². The molecule has 2 rings (SSSR count). The summed E-state index contributed by atoms with van der Waals surface area (Å²) in [5.74, 6) is -0.207. The Bertz CT molecular complexity index is 422. The van der Waals surface area contributed by atoms with E-state index in [4.69, 9.17) is 14.6 Å². The molecule has 1 fully saturated rings. The van der Waals surface area contributed by atoms with E-state index in [1.54, 1.807) is 25.1 Å². The van der Waals surface area contributed by atoms with Crippen LogP contribution >= 0.6 is 0 Å². The lowest BCUT2D eigenvalue weighted by molar-refractivity contribution is -0.0110. The third-order valence-electron chi connectivity index (χ3n) is 3.14. The van der Waals surface area contributed by atoms with Gasteiger partial charge in [0.2, 0.25) is 0 Å². The van der Waals surface area contributed by atoms with Crippen LogP contribution in [0.15, 0.2) is 18.2 Å². The molecule has 1 aromatic rings. The van der Waals surface area contributed by atoms with Gasteiger partial charge in [-0.15, -0.1) is 0 Å². The van der Waals surface area contributed by atoms with Crippen molar-refractivity contribution >= 4 is 5.97 Å². The molecule has 18 heavy (non-hydrogen) atoms. The maximum absolute atomic E-state index is 10.9. The zero-order valence-electron chi connectivity index (χ0n) is 10.5. The van der Waals surface area contributed by atoms with Gasteiger partial charge in [-0.25, -0.2) is 4.79 Å². The van der Waals surface area contributed by atoms with Gasteiger partial charge in [0, 0.05) is 6.61 Å². The summed E-state index contributed by atoms with van der Waals surface area (Å²) in [5.41, 5.74) is 1.03. The Kier molecular flexibility index (Phi) is 4.20. The molecule has 0 saturated carbocycles. The summed E-state index contributed by atoms with van der Waals surface area (Å²) < 4.78 is 11.2. The highest BCUT2D eigenvalue weighted by molar-refractivity contribution is 5.89. The monoisotopic (exact) mass is 250 g/mol. The third kappa shape index (κ3) is 3.23. The first-order chi connectivity index (χ1) is 8.66. The summed E-state index contributed by atoms with van der Waals surface area (Å²) in [7, 11) is 0. The largest absolute Gasteiger partial charge is 0.491 e. The number of hydrogen-bond donors (Lipinski definition) is 1. The number of hydrogen-bond acceptors (Lipinski definition) is 3. The van der Waals surface area contributed by atoms with Crippen LogP contribution in [-0.4, -0.2) is 30.4 Å². The average Bonchev–Trinajstić information content (AvgIpc) is 2.37. The van der Waals surface area contributed by atoms with Crippen molar-refractivity contribution in [1.82, 2.24) is 0 Å². The molecule has 4 heteroatoms. The molecule has 0 aliphatic carbocycles. The summed E-state index contributed by atoms with van der Waals surface area (Å²) in [4.78, 5) is 10.9. The summed E-state index contributed by atoms with van der Waals surface area (Å²) in [6.45, 7) is 3.12. The minimum absolute atomic E-state index is 0.165. The minimum Gasteiger partial charge on any atom is -0.491 e. The lowest BCUT2D eigenvalue weighted by Crippen LogP contribution is -2.25. The molecule has 0 radical (unpaired) electrons. The van der Waals surface area contributed by atoms with Crippen LogP contribution in [0.3, 0.4) is 0 Å². The van der Waals surface area contributed by atoms with Crippen LogP contribution in [0.5, 0.6) is 5.75 Å². The number of ether oxygens (including phenoxy) is 2. The maximum Gasteiger partial charge on any atom is 0.335 e. The van der Waals surface area contributed by atoms with E-state index in [1.807, 2.05) is 0 Å². The zero-order valence-corrected chi connectivity index (χ0v) is 10.5. The van der Waals surface area contributed by atoms with Gasteiger partial charge < -0.3 is 14.6 Å². The van der Waals surface area contributed by atoms with Gasteiger partial charge in [-0.05, 0) is 49.9 Å². The Morgan fingerprint density at radius 1 is 1.50 bits per heavy atom. The van der Waals surface area contributed by atoms with Crippen molar-refractivity contribution in [3.8, 4) is 5.75 Å². The van der Waals surface area contributed by atoms with Gasteiger partial charge >= 0.3 is 5.97 Å². The van der Waals surface area contributed by atoms with E-state index in [0.717, 1.165) is 19.4 Å². The average molecular weight is 250 g/mol. The third-order valence-corrected chi connectivity index (χ3v) is 3.14. The van der Waals surface area contributed by atoms with E-state index >= 15 is 0 Å². The number of aromatic carboxylic acids is 1. The number of carboxylic acids is 1. The highest BCUT2D eigenvalue weighted by Crippen LogP contribution is 2.19. The van der Waals surface area contributed by atoms with Crippen molar-refractivity contribution in [3.05, 3.63) is 29.3 Å². The number of rotatable bonds is 4. The zero-order chi connectivity index (χ0) is 13.0. The molecule has 0 bridgehead atoms. The second-order valence-corrected chi connectivity index (χ2v) is 4.58. The predicted molar refractivity (Wildman–Crippen MR) is 67.2 cm³/mol. The molecule has 1 aliphatic heterocycles. The van der Waals surface area contributed by atoms with Crippen molar-refractivity contribution < 1.29 is 19.4 Å². The Morgan fingerprint density at radius 3 is 2.94 bits per heavy atom. The molecule has 1 unspecified atom stereocenters. The summed E-state index contributed by atoms with van der Waals surface area (Å²) in [5, 5.41) is 8.93. The van der Waals surface area contributed by atoms with E-state index in [9.17, 15) is 4.79 Å². The highest BCUT2D eigenvalue weighted by Gasteiger charge is 2.15. The normalized spacial score (nSPS) is 19.5. The molecular weight excluding hydrogens is 232 g/mol. The van der Waals surface area contributed by atoms with Crippen molar-refractivity contribution in [3.63, 3.8) is 0 Å². The SMILES string of the molecule is Cc1cc(OCC2CCCCO2)ccc1C(=O)O. The van der Waals surface area contributed by atoms with Crippen LogP contribution in [0, 0.1) is 6.92 Å². The van der Waals surface area contributed by atoms with E-state index < -0.39 is 5.97 Å². The fourth-order valence-electron chi connectivity index (χ4n) is 2.09. The van der Waals surface area contributed by atoms with E-state index in [1.165, 1.54) is 6.42 Å². The van der Waals surface area contributed by atoms with Crippen LogP contribution in [-0.2, 0) is 4.74 Å². The molecule has 1 N–H and O–H groups in total. The van der Waals surface area contributed by atoms with Gasteiger partial charge in [0.05, 0.1) is 11.7 Å².